The molecule has 1 aliphatic rings. The van der Waals surface area contributed by atoms with Crippen molar-refractivity contribution < 1.29 is 0 Å². The van der Waals surface area contributed by atoms with E-state index in [0.29, 0.717) is 0 Å². The van der Waals surface area contributed by atoms with Crippen molar-refractivity contribution in [2.45, 2.75) is 0 Å². The van der Waals surface area contributed by atoms with Crippen LogP contribution in [-0.4, -0.2) is 6.54 Å². The molecule has 34 valence electrons. The zero-order chi connectivity index (χ0) is 4.41. The SMILES string of the molecule is IC1=CNNC1. The van der Waals surface area contributed by atoms with Gasteiger partial charge in [-0.15, -0.1) is 0 Å². The first-order chi connectivity index (χ1) is 2.89. The van der Waals surface area contributed by atoms with Crippen molar-refractivity contribution in [3.05, 3.63) is 9.78 Å². The maximum absolute atomic E-state index is 2.92. The third-order valence-electron chi connectivity index (χ3n) is 0.588. The Bertz CT molecular complexity index is 78.9. The lowest BCUT2D eigenvalue weighted by molar-refractivity contribution is 0.727. The molecule has 0 spiro atoms. The van der Waals surface area contributed by atoms with E-state index in [1.807, 2.05) is 6.20 Å². The summed E-state index contributed by atoms with van der Waals surface area (Å²) in [5.41, 5.74) is 5.77. The Morgan fingerprint density at radius 1 is 1.83 bits per heavy atom. The van der Waals surface area contributed by atoms with E-state index in [-0.39, 0.29) is 0 Å². The molecular formula is C3H5IN2. The third kappa shape index (κ3) is 0.844. The fourth-order valence-electron chi connectivity index (χ4n) is 0.316. The number of rotatable bonds is 0. The Morgan fingerprint density at radius 3 is 2.83 bits per heavy atom. The predicted octanol–water partition coefficient (Wildman–Crippen LogP) is 0.371. The highest BCUT2D eigenvalue weighted by molar-refractivity contribution is 14.1. The van der Waals surface area contributed by atoms with Gasteiger partial charge in [0.1, 0.15) is 0 Å². The third-order valence-corrected chi connectivity index (χ3v) is 1.28. The molecule has 2 N–H and O–H groups in total. The normalized spacial score (nSPS) is 19.8. The summed E-state index contributed by atoms with van der Waals surface area (Å²) in [4.78, 5) is 0. The molecule has 0 unspecified atom stereocenters. The molecule has 0 aromatic carbocycles. The van der Waals surface area contributed by atoms with Gasteiger partial charge in [-0.05, 0) is 22.6 Å². The van der Waals surface area contributed by atoms with Gasteiger partial charge in [0.05, 0.1) is 0 Å². The Balaban J connectivity index is 2.45. The van der Waals surface area contributed by atoms with Crippen molar-refractivity contribution in [2.75, 3.05) is 6.54 Å². The van der Waals surface area contributed by atoms with E-state index >= 15 is 0 Å². The Labute approximate surface area is 50.1 Å². The molecule has 0 atom stereocenters. The molecular weight excluding hydrogens is 191 g/mol. The van der Waals surface area contributed by atoms with Crippen LogP contribution >= 0.6 is 22.6 Å². The van der Waals surface area contributed by atoms with Gasteiger partial charge in [0.15, 0.2) is 0 Å². The molecule has 0 fully saturated rings. The Hall–Kier alpha value is 0.230. The molecule has 0 saturated heterocycles. The number of hydrazine groups is 1. The van der Waals surface area contributed by atoms with Gasteiger partial charge in [0.2, 0.25) is 0 Å². The van der Waals surface area contributed by atoms with Crippen LogP contribution in [0.3, 0.4) is 0 Å². The van der Waals surface area contributed by atoms with Crippen LogP contribution in [-0.2, 0) is 0 Å². The number of halogens is 1. The summed E-state index contributed by atoms with van der Waals surface area (Å²) < 4.78 is 1.33. The number of nitrogens with one attached hydrogen (secondary N) is 2. The van der Waals surface area contributed by atoms with Crippen molar-refractivity contribution in [1.82, 2.24) is 10.9 Å². The lowest BCUT2D eigenvalue weighted by Crippen LogP contribution is -2.19. The van der Waals surface area contributed by atoms with E-state index in [2.05, 4.69) is 33.4 Å². The van der Waals surface area contributed by atoms with Crippen molar-refractivity contribution in [3.63, 3.8) is 0 Å². The minimum atomic E-state index is 0.973. The average Bonchev–Trinajstić information content (AvgIpc) is 1.86. The highest BCUT2D eigenvalue weighted by Crippen LogP contribution is 2.03. The fraction of sp³-hybridized carbons (Fsp3) is 0.333. The summed E-state index contributed by atoms with van der Waals surface area (Å²) in [5.74, 6) is 0. The summed E-state index contributed by atoms with van der Waals surface area (Å²) in [6.45, 7) is 0.973. The molecule has 2 nitrogen and oxygen atoms in total. The highest BCUT2D eigenvalue weighted by atomic mass is 127. The first kappa shape index (κ1) is 4.39. The average molecular weight is 196 g/mol. The first-order valence-electron chi connectivity index (χ1n) is 1.72. The fourth-order valence-corrected chi connectivity index (χ4v) is 0.662. The monoisotopic (exact) mass is 196 g/mol. The molecule has 1 heterocycles. The van der Waals surface area contributed by atoms with E-state index in [1.54, 1.807) is 0 Å². The largest absolute Gasteiger partial charge is 0.328 e. The quantitative estimate of drug-likeness (QED) is 0.547. The van der Waals surface area contributed by atoms with Gasteiger partial charge >= 0.3 is 0 Å². The molecule has 0 amide bonds. The van der Waals surface area contributed by atoms with E-state index in [0.717, 1.165) is 6.54 Å². The first-order valence-corrected chi connectivity index (χ1v) is 2.80. The van der Waals surface area contributed by atoms with Crippen LogP contribution in [0, 0.1) is 0 Å². The zero-order valence-corrected chi connectivity index (χ0v) is 5.32. The lowest BCUT2D eigenvalue weighted by Gasteiger charge is -1.84. The van der Waals surface area contributed by atoms with Crippen LogP contribution in [0.4, 0.5) is 0 Å². The standard InChI is InChI=1S/C3H5IN2/c4-3-1-5-6-2-3/h1,5-6H,2H2. The van der Waals surface area contributed by atoms with Crippen LogP contribution in [0.1, 0.15) is 0 Å². The topological polar surface area (TPSA) is 24.1 Å². The maximum atomic E-state index is 2.92. The summed E-state index contributed by atoms with van der Waals surface area (Å²) in [6.07, 6.45) is 1.94. The van der Waals surface area contributed by atoms with Gasteiger partial charge in [-0.2, -0.15) is 0 Å². The smallest absolute Gasteiger partial charge is 0.0471 e. The van der Waals surface area contributed by atoms with E-state index in [1.165, 1.54) is 3.58 Å². The van der Waals surface area contributed by atoms with E-state index in [9.17, 15) is 0 Å². The summed E-state index contributed by atoms with van der Waals surface area (Å²) >= 11 is 2.27. The van der Waals surface area contributed by atoms with Crippen LogP contribution < -0.4 is 10.9 Å². The predicted molar refractivity (Wildman–Crippen MR) is 33.2 cm³/mol. The molecule has 0 bridgehead atoms. The molecule has 0 radical (unpaired) electrons. The number of hydrogen-bond acceptors (Lipinski definition) is 2. The Kier molecular flexibility index (Phi) is 1.31. The van der Waals surface area contributed by atoms with Crippen molar-refractivity contribution in [1.29, 1.82) is 0 Å². The lowest BCUT2D eigenvalue weighted by atomic mass is 10.7. The van der Waals surface area contributed by atoms with Gasteiger partial charge in [-0.25, -0.2) is 5.43 Å². The van der Waals surface area contributed by atoms with Crippen LogP contribution in [0.15, 0.2) is 9.78 Å². The minimum Gasteiger partial charge on any atom is -0.328 e. The molecule has 0 aromatic rings. The second-order valence-electron chi connectivity index (χ2n) is 1.09. The van der Waals surface area contributed by atoms with Crippen molar-refractivity contribution in [3.8, 4) is 0 Å². The zero-order valence-electron chi connectivity index (χ0n) is 3.16. The van der Waals surface area contributed by atoms with Crippen LogP contribution in [0.2, 0.25) is 0 Å². The van der Waals surface area contributed by atoms with Gasteiger partial charge < -0.3 is 5.43 Å². The molecule has 3 heteroatoms. The van der Waals surface area contributed by atoms with Crippen molar-refractivity contribution in [2.24, 2.45) is 0 Å². The van der Waals surface area contributed by atoms with Crippen LogP contribution in [0.25, 0.3) is 0 Å². The Morgan fingerprint density at radius 2 is 2.67 bits per heavy atom. The summed E-state index contributed by atoms with van der Waals surface area (Å²) in [6, 6.07) is 0. The molecule has 0 aliphatic carbocycles. The molecule has 0 aromatic heterocycles. The summed E-state index contributed by atoms with van der Waals surface area (Å²) in [5, 5.41) is 0. The minimum absolute atomic E-state index is 0.973. The van der Waals surface area contributed by atoms with Gasteiger partial charge in [-0.1, -0.05) is 0 Å². The summed E-state index contributed by atoms with van der Waals surface area (Å²) in [7, 11) is 0. The molecule has 6 heavy (non-hydrogen) atoms. The van der Waals surface area contributed by atoms with Gasteiger partial charge in [0.25, 0.3) is 0 Å². The maximum Gasteiger partial charge on any atom is 0.0471 e. The second-order valence-corrected chi connectivity index (χ2v) is 2.47. The van der Waals surface area contributed by atoms with Gasteiger partial charge in [0, 0.05) is 16.3 Å². The molecule has 1 aliphatic heterocycles. The molecule has 0 saturated carbocycles. The van der Waals surface area contributed by atoms with E-state index in [4.69, 9.17) is 0 Å². The van der Waals surface area contributed by atoms with Crippen molar-refractivity contribution >= 4 is 22.6 Å². The van der Waals surface area contributed by atoms with Crippen LogP contribution in [0.5, 0.6) is 0 Å². The van der Waals surface area contributed by atoms with Gasteiger partial charge in [-0.3, -0.25) is 0 Å². The number of hydrogen-bond donors (Lipinski definition) is 2. The highest BCUT2D eigenvalue weighted by Gasteiger charge is 1.93. The molecule has 1 rings (SSSR count). The second kappa shape index (κ2) is 1.79. The van der Waals surface area contributed by atoms with E-state index < -0.39 is 0 Å².